The lowest BCUT2D eigenvalue weighted by molar-refractivity contribution is -0.147. The van der Waals surface area contributed by atoms with Crippen molar-refractivity contribution in [2.45, 2.75) is 118 Å². The third kappa shape index (κ3) is 18.4. The third-order valence-electron chi connectivity index (χ3n) is 17.7. The van der Waals surface area contributed by atoms with E-state index in [4.69, 9.17) is 16.2 Å². The van der Waals surface area contributed by atoms with Gasteiger partial charge in [0, 0.05) is 89.4 Å². The zero-order valence-corrected chi connectivity index (χ0v) is 55.9. The van der Waals surface area contributed by atoms with E-state index in [1.807, 2.05) is 24.3 Å². The largest absolute Gasteiger partial charge is 0.508 e. The van der Waals surface area contributed by atoms with Crippen LogP contribution in [0, 0.1) is 11.6 Å². The summed E-state index contributed by atoms with van der Waals surface area (Å²) < 4.78 is 36.0. The van der Waals surface area contributed by atoms with Gasteiger partial charge in [-0.1, -0.05) is 48.5 Å². The number of benzene rings is 5. The van der Waals surface area contributed by atoms with Crippen molar-refractivity contribution in [3.8, 4) is 11.5 Å². The maximum Gasteiger partial charge on any atom is 0.253 e. The molecule has 99 heavy (non-hydrogen) atoms. The van der Waals surface area contributed by atoms with Gasteiger partial charge in [0.15, 0.2) is 0 Å². The second-order valence-corrected chi connectivity index (χ2v) is 27.0. The number of primary amides is 1. The fourth-order valence-corrected chi connectivity index (χ4v) is 14.3. The van der Waals surface area contributed by atoms with Gasteiger partial charge in [0.1, 0.15) is 78.1 Å². The number of phenols is 1. The molecule has 4 bridgehead atoms. The summed E-state index contributed by atoms with van der Waals surface area (Å²) in [6.07, 6.45) is 3.95. The highest BCUT2D eigenvalue weighted by molar-refractivity contribution is 7.98. The monoisotopic (exact) mass is 1400 g/mol. The Kier molecular flexibility index (Phi) is 23.9. The van der Waals surface area contributed by atoms with Crippen molar-refractivity contribution >= 4 is 110 Å². The molecule has 0 unspecified atom stereocenters. The number of nitrogens with two attached hydrogens (primary N) is 2. The van der Waals surface area contributed by atoms with E-state index in [1.54, 1.807) is 31.2 Å². The molecule has 2 aromatic heterocycles. The molecule has 5 aromatic carbocycles. The number of phenolic OH excluding ortho intramolecular Hbond substituents is 1. The minimum Gasteiger partial charge on any atom is -0.508 e. The van der Waals surface area contributed by atoms with Gasteiger partial charge < -0.3 is 73.4 Å². The van der Waals surface area contributed by atoms with E-state index in [2.05, 4.69) is 47.2 Å². The molecule has 0 aliphatic carbocycles. The molecule has 14 N–H and O–H groups in total. The summed E-state index contributed by atoms with van der Waals surface area (Å²) >= 11 is 2.83. The van der Waals surface area contributed by atoms with E-state index >= 15 is 19.2 Å². The number of aromatic nitrogens is 2. The Morgan fingerprint density at radius 1 is 0.667 bits per heavy atom. The Morgan fingerprint density at radius 3 is 1.98 bits per heavy atom. The molecule has 1 saturated heterocycles. The van der Waals surface area contributed by atoms with Gasteiger partial charge in [0.2, 0.25) is 53.2 Å². The minimum atomic E-state index is -1.64. The van der Waals surface area contributed by atoms with E-state index < -0.39 is 132 Å². The average molecular weight is 1400 g/mol. The van der Waals surface area contributed by atoms with Crippen molar-refractivity contribution in [2.75, 3.05) is 49.2 Å². The molecule has 522 valence electrons. The molecule has 0 spiro atoms. The molecule has 7 atom stereocenters. The lowest BCUT2D eigenvalue weighted by atomic mass is 9.95. The number of H-pyrrole nitrogens is 2. The van der Waals surface area contributed by atoms with Gasteiger partial charge in [-0.25, -0.2) is 8.78 Å². The first-order chi connectivity index (χ1) is 47.6. The highest BCUT2D eigenvalue weighted by Gasteiger charge is 2.48. The zero-order valence-electron chi connectivity index (χ0n) is 54.3. The Hall–Kier alpha value is -10.0. The first-order valence-corrected chi connectivity index (χ1v) is 34.9. The summed E-state index contributed by atoms with van der Waals surface area (Å²) in [7, 11) is 0. The molecule has 10 amide bonds. The number of fused-ring (bicyclic) bond motifs is 9. The summed E-state index contributed by atoms with van der Waals surface area (Å²) in [5, 5.41) is 30.0. The number of carbonyl (C=O) groups is 10. The summed E-state index contributed by atoms with van der Waals surface area (Å²) in [6, 6.07) is 19.3. The van der Waals surface area contributed by atoms with Crippen LogP contribution in [0.4, 0.5) is 14.5 Å². The molecule has 25 nitrogen and oxygen atoms in total. The van der Waals surface area contributed by atoms with Crippen LogP contribution in [0.5, 0.6) is 11.5 Å². The van der Waals surface area contributed by atoms with Gasteiger partial charge in [-0.15, -0.1) is 0 Å². The quantitative estimate of drug-likeness (QED) is 0.0822. The average Bonchev–Trinajstić information content (AvgIpc) is 1.69. The van der Waals surface area contributed by atoms with Crippen LogP contribution in [0.2, 0.25) is 0 Å². The number of aromatic hydroxyl groups is 1. The van der Waals surface area contributed by atoms with Gasteiger partial charge in [-0.3, -0.25) is 52.8 Å². The number of unbranched alkanes of at least 4 members (excludes halogenated alkanes) is 1. The van der Waals surface area contributed by atoms with Crippen molar-refractivity contribution in [1.82, 2.24) is 52.1 Å². The van der Waals surface area contributed by atoms with Crippen LogP contribution in [0.1, 0.15) is 73.3 Å². The molecule has 10 rings (SSSR count). The van der Waals surface area contributed by atoms with E-state index in [0.717, 1.165) is 16.0 Å². The van der Waals surface area contributed by atoms with Crippen LogP contribution in [-0.2, 0) is 78.7 Å². The predicted molar refractivity (Wildman–Crippen MR) is 369 cm³/mol. The minimum absolute atomic E-state index is 0.0334. The summed E-state index contributed by atoms with van der Waals surface area (Å²) in [5.74, 6) is -7.57. The van der Waals surface area contributed by atoms with E-state index in [9.17, 15) is 42.7 Å². The topological polar surface area (TPSA) is 374 Å². The lowest BCUT2D eigenvalue weighted by Gasteiger charge is -2.37. The first kappa shape index (κ1) is 71.8. The summed E-state index contributed by atoms with van der Waals surface area (Å²) in [4.78, 5) is 153. The predicted octanol–water partition coefficient (Wildman–Crippen LogP) is 3.68. The molecule has 3 aliphatic rings. The number of aromatic amines is 2. The number of hydrogen-bond donors (Lipinski definition) is 12. The lowest BCUT2D eigenvalue weighted by Crippen LogP contribution is -2.63. The van der Waals surface area contributed by atoms with Crippen molar-refractivity contribution in [1.29, 1.82) is 0 Å². The number of anilines is 1. The van der Waals surface area contributed by atoms with E-state index in [1.165, 1.54) is 101 Å². The Bertz CT molecular complexity index is 4160. The highest BCUT2D eigenvalue weighted by atomic mass is 32.2. The Balaban J connectivity index is 0.974. The number of halogens is 2. The SMILES string of the molecule is C[C@@]12CCCN1C(=O)[C@H](Cc1ccc(O)cc1)NC(=O)CN1C(=O)[C@H](COc3ccccc31)NC(=O)[C@H](Cc1c[nH]c3ccc(F)cc13)NC(=O)[C@H](Cc1c[nH]c3ccc(F)cc13)NC(=O)CNC(=O)[C@H](CCCCN)NC(=O)CCSCc1cccc(c1)CSC[C@@H](C(N)=O)NC2=O. The second kappa shape index (κ2) is 33.0. The van der Waals surface area contributed by atoms with Crippen LogP contribution < -0.4 is 58.3 Å². The summed E-state index contributed by atoms with van der Waals surface area (Å²) in [6.45, 7) is -0.0200. The van der Waals surface area contributed by atoms with Crippen LogP contribution in [0.25, 0.3) is 21.8 Å². The van der Waals surface area contributed by atoms with Crippen molar-refractivity contribution in [3.63, 3.8) is 0 Å². The molecule has 5 heterocycles. The molecule has 7 aromatic rings. The zero-order chi connectivity index (χ0) is 70.3. The Labute approximate surface area is 577 Å². The number of ether oxygens (including phenoxy) is 1. The fraction of sp³-hybridized carbons (Fsp3) is 0.371. The number of thioether (sulfide) groups is 2. The van der Waals surface area contributed by atoms with Crippen LogP contribution in [-0.4, -0.2) is 165 Å². The smallest absolute Gasteiger partial charge is 0.253 e. The molecule has 0 radical (unpaired) electrons. The number of amides is 10. The normalized spacial score (nSPS) is 22.6. The van der Waals surface area contributed by atoms with Gasteiger partial charge in [-0.05, 0) is 134 Å². The van der Waals surface area contributed by atoms with Crippen molar-refractivity contribution in [2.24, 2.45) is 11.5 Å². The maximum atomic E-state index is 15.2. The van der Waals surface area contributed by atoms with E-state index in [-0.39, 0.29) is 68.0 Å². The van der Waals surface area contributed by atoms with E-state index in [0.29, 0.717) is 81.6 Å². The van der Waals surface area contributed by atoms with Crippen LogP contribution >= 0.6 is 23.5 Å². The van der Waals surface area contributed by atoms with Gasteiger partial charge >= 0.3 is 0 Å². The highest BCUT2D eigenvalue weighted by Crippen LogP contribution is 2.34. The van der Waals surface area contributed by atoms with Crippen LogP contribution in [0.3, 0.4) is 0 Å². The van der Waals surface area contributed by atoms with Crippen molar-refractivity contribution < 1.29 is 66.6 Å². The maximum absolute atomic E-state index is 15.2. The number of rotatable bonds is 11. The molecular weight excluding hydrogens is 1320 g/mol. The molecule has 3 aliphatic heterocycles. The number of para-hydroxylation sites is 2. The number of hydrogen-bond acceptors (Lipinski definition) is 15. The fourth-order valence-electron chi connectivity index (χ4n) is 12.4. The van der Waals surface area contributed by atoms with Crippen LogP contribution in [0.15, 0.2) is 122 Å². The Morgan fingerprint density at radius 2 is 1.30 bits per heavy atom. The standard InChI is InChI=1S/C70H79F2N13O12S2/c1-70-22-7-24-85(70)68(95)55(27-40-13-17-47(86)18-14-40)80-62(89)35-84-58-11-2-3-12-59(58)97-36-56(67(84)94)82-66(93)54(29-44-33-76-51-20-16-46(72)31-49(44)51)81-65(92)53(28-43-32-75-50-19-15-45(71)30-48(43)50)79-61(88)34-77-64(91)52(10-4-5-23-73)78-60(87)21-25-98-37-41-8-6-9-42(26-41)38-99-39-57(63(74)90)83-69(70)96/h2-3,6,8-9,11-20,26,30-33,52-57,75-76,86H,4-5,7,10,21-25,27-29,34-39,73H2,1H3,(H2,74,90)(H,77,91)(H,78,87)(H,79,88)(H,80,89)(H,81,92)(H,82,93)(H,83,96)/t52-,53-,54-,55-,56-,57-,70-/m0/s1. The summed E-state index contributed by atoms with van der Waals surface area (Å²) in [5.41, 5.74) is 14.3. The third-order valence-corrected chi connectivity index (χ3v) is 19.8. The van der Waals surface area contributed by atoms with Crippen molar-refractivity contribution in [3.05, 3.63) is 161 Å². The van der Waals surface area contributed by atoms with Gasteiger partial charge in [0.05, 0.1) is 12.2 Å². The first-order valence-electron chi connectivity index (χ1n) is 32.6. The molecule has 1 fully saturated rings. The van der Waals surface area contributed by atoms with Gasteiger partial charge in [0.25, 0.3) is 5.91 Å². The molecule has 0 saturated carbocycles. The number of carbonyl (C=O) groups excluding carboxylic acids is 10. The number of nitrogens with one attached hydrogen (secondary N) is 9. The van der Waals surface area contributed by atoms with Gasteiger partial charge in [-0.2, -0.15) is 23.5 Å². The molecular formula is C70H79F2N13O12S2. The molecule has 29 heteroatoms. The second-order valence-electron chi connectivity index (χ2n) is 24.9. The number of nitrogens with zero attached hydrogens (tertiary/aromatic N) is 2.